The lowest BCUT2D eigenvalue weighted by Gasteiger charge is -2.36. The molecule has 2 aliphatic heterocycles. The van der Waals surface area contributed by atoms with Gasteiger partial charge in [-0.05, 0) is 45.7 Å². The Bertz CT molecular complexity index is 641. The Morgan fingerprint density at radius 3 is 2.34 bits per heavy atom. The van der Waals surface area contributed by atoms with E-state index >= 15 is 0 Å². The molecule has 1 N–H and O–H groups in total. The first-order valence-electron chi connectivity index (χ1n) is 10.5. The molecule has 1 amide bonds. The molecular formula is C21H33F3N4O. The van der Waals surface area contributed by atoms with Crippen LogP contribution in [0.1, 0.15) is 52.9 Å². The highest BCUT2D eigenvalue weighted by Gasteiger charge is 2.32. The Hall–Kier alpha value is -1.83. The normalized spacial score (nSPS) is 22.8. The van der Waals surface area contributed by atoms with Crippen molar-refractivity contribution in [1.82, 2.24) is 15.1 Å². The second-order valence-corrected chi connectivity index (χ2v) is 7.82. The van der Waals surface area contributed by atoms with Crippen molar-refractivity contribution in [3.63, 3.8) is 0 Å². The predicted molar refractivity (Wildman–Crippen MR) is 110 cm³/mol. The van der Waals surface area contributed by atoms with Gasteiger partial charge in [-0.25, -0.2) is 4.99 Å². The first kappa shape index (κ1) is 23.4. The van der Waals surface area contributed by atoms with Gasteiger partial charge in [0.1, 0.15) is 5.84 Å². The molecule has 29 heavy (non-hydrogen) atoms. The second-order valence-electron chi connectivity index (χ2n) is 7.82. The fourth-order valence-electron chi connectivity index (χ4n) is 3.52. The van der Waals surface area contributed by atoms with E-state index in [-0.39, 0.29) is 11.9 Å². The summed E-state index contributed by atoms with van der Waals surface area (Å²) in [5.74, 6) is 0.688. The predicted octanol–water partition coefficient (Wildman–Crippen LogP) is 3.88. The van der Waals surface area contributed by atoms with Crippen LogP contribution < -0.4 is 5.32 Å². The molecule has 0 unspecified atom stereocenters. The topological polar surface area (TPSA) is 47.9 Å². The molecule has 5 nitrogen and oxygen atoms in total. The summed E-state index contributed by atoms with van der Waals surface area (Å²) in [7, 11) is 0. The van der Waals surface area contributed by atoms with Gasteiger partial charge in [0.15, 0.2) is 0 Å². The number of hydrogen-bond acceptors (Lipinski definition) is 3. The summed E-state index contributed by atoms with van der Waals surface area (Å²) in [5.41, 5.74) is -0.0917. The highest BCUT2D eigenvalue weighted by Crippen LogP contribution is 2.28. The number of nitrogens with one attached hydrogen (secondary N) is 1. The van der Waals surface area contributed by atoms with E-state index in [1.165, 1.54) is 6.42 Å². The molecule has 2 aliphatic rings. The number of piperazine rings is 1. The first-order valence-corrected chi connectivity index (χ1v) is 10.5. The van der Waals surface area contributed by atoms with Crippen LogP contribution >= 0.6 is 0 Å². The van der Waals surface area contributed by atoms with Crippen molar-refractivity contribution in [1.29, 1.82) is 0 Å². The Morgan fingerprint density at radius 2 is 1.79 bits per heavy atom. The van der Waals surface area contributed by atoms with Gasteiger partial charge in [-0.15, -0.1) is 0 Å². The standard InChI is InChI=1S/C21H33F3N4O/c1-4-16(2)13-18(21(22,23)24)15-26-17(3)27-9-11-28(12-10-27)20(29)14-19-7-5-6-8-25-19/h13,15,19,25H,4-12,14H2,1-3H3/b16-13+,18-15+,26-17?/t19-/m1/s1. The number of carbonyl (C=O) groups excluding carboxylic acids is 1. The summed E-state index contributed by atoms with van der Waals surface area (Å²) in [6, 6.07) is 0.267. The summed E-state index contributed by atoms with van der Waals surface area (Å²) < 4.78 is 39.6. The number of amides is 1. The molecule has 0 aromatic heterocycles. The monoisotopic (exact) mass is 414 g/mol. The van der Waals surface area contributed by atoms with Crippen molar-refractivity contribution in [3.8, 4) is 0 Å². The molecule has 1 atom stereocenters. The minimum absolute atomic E-state index is 0.151. The molecular weight excluding hydrogens is 381 g/mol. The molecule has 0 aromatic carbocycles. The number of allylic oxidation sites excluding steroid dienone is 3. The van der Waals surface area contributed by atoms with Crippen LogP contribution in [0.2, 0.25) is 0 Å². The number of carbonyl (C=O) groups is 1. The van der Waals surface area contributed by atoms with Crippen molar-refractivity contribution in [2.75, 3.05) is 32.7 Å². The summed E-state index contributed by atoms with van der Waals surface area (Å²) >= 11 is 0. The van der Waals surface area contributed by atoms with Crippen molar-refractivity contribution in [3.05, 3.63) is 23.4 Å². The fourth-order valence-corrected chi connectivity index (χ4v) is 3.52. The molecule has 0 aromatic rings. The van der Waals surface area contributed by atoms with Crippen LogP contribution in [0, 0.1) is 0 Å². The van der Waals surface area contributed by atoms with Crippen LogP contribution in [0.4, 0.5) is 13.2 Å². The Kier molecular flexibility index (Phi) is 8.74. The minimum Gasteiger partial charge on any atom is -0.357 e. The van der Waals surface area contributed by atoms with E-state index in [4.69, 9.17) is 0 Å². The van der Waals surface area contributed by atoms with Crippen molar-refractivity contribution in [2.45, 2.75) is 65.1 Å². The van der Waals surface area contributed by atoms with E-state index in [1.807, 2.05) is 16.7 Å². The number of alkyl halides is 3. The van der Waals surface area contributed by atoms with Gasteiger partial charge in [0.25, 0.3) is 0 Å². The van der Waals surface area contributed by atoms with Crippen molar-refractivity contribution < 1.29 is 18.0 Å². The maximum atomic E-state index is 13.2. The van der Waals surface area contributed by atoms with E-state index in [0.717, 1.165) is 31.7 Å². The fraction of sp³-hybridized carbons (Fsp3) is 0.714. The van der Waals surface area contributed by atoms with Crippen molar-refractivity contribution in [2.24, 2.45) is 4.99 Å². The van der Waals surface area contributed by atoms with Crippen LogP contribution in [-0.2, 0) is 4.79 Å². The van der Waals surface area contributed by atoms with Gasteiger partial charge in [0.05, 0.1) is 5.57 Å². The number of nitrogens with zero attached hydrogens (tertiary/aromatic N) is 3. The quantitative estimate of drug-likeness (QED) is 0.422. The lowest BCUT2D eigenvalue weighted by atomic mass is 10.0. The Labute approximate surface area is 171 Å². The van der Waals surface area contributed by atoms with Crippen LogP contribution in [0.3, 0.4) is 0 Å². The lowest BCUT2D eigenvalue weighted by Crippen LogP contribution is -2.51. The number of piperidine rings is 1. The molecule has 164 valence electrons. The van der Waals surface area contributed by atoms with Gasteiger partial charge < -0.3 is 15.1 Å². The third-order valence-corrected chi connectivity index (χ3v) is 5.60. The summed E-state index contributed by atoms with van der Waals surface area (Å²) in [6.07, 6.45) is 2.06. The molecule has 0 saturated carbocycles. The zero-order valence-corrected chi connectivity index (χ0v) is 17.7. The maximum absolute atomic E-state index is 13.2. The third-order valence-electron chi connectivity index (χ3n) is 5.60. The van der Waals surface area contributed by atoms with Crippen LogP contribution in [0.5, 0.6) is 0 Å². The molecule has 2 saturated heterocycles. The molecule has 0 radical (unpaired) electrons. The molecule has 2 rings (SSSR count). The second kappa shape index (κ2) is 10.8. The zero-order chi connectivity index (χ0) is 21.4. The number of halogens is 3. The molecule has 2 heterocycles. The molecule has 0 aliphatic carbocycles. The molecule has 0 spiro atoms. The van der Waals surface area contributed by atoms with Gasteiger partial charge >= 0.3 is 6.18 Å². The molecule has 0 bridgehead atoms. The van der Waals surface area contributed by atoms with E-state index in [0.29, 0.717) is 50.4 Å². The van der Waals surface area contributed by atoms with E-state index in [9.17, 15) is 18.0 Å². The van der Waals surface area contributed by atoms with Crippen LogP contribution in [-0.4, -0.2) is 66.5 Å². The largest absolute Gasteiger partial charge is 0.417 e. The summed E-state index contributed by atoms with van der Waals surface area (Å²) in [6.45, 7) is 8.49. The maximum Gasteiger partial charge on any atom is 0.417 e. The van der Waals surface area contributed by atoms with E-state index in [1.54, 1.807) is 13.8 Å². The van der Waals surface area contributed by atoms with Crippen molar-refractivity contribution >= 4 is 11.7 Å². The number of amidine groups is 1. The number of aliphatic imine (C=N–C) groups is 1. The highest BCUT2D eigenvalue weighted by atomic mass is 19.4. The van der Waals surface area contributed by atoms with Gasteiger partial charge in [-0.3, -0.25) is 4.79 Å². The van der Waals surface area contributed by atoms with Crippen LogP contribution in [0.25, 0.3) is 0 Å². The van der Waals surface area contributed by atoms with Crippen LogP contribution in [0.15, 0.2) is 28.4 Å². The van der Waals surface area contributed by atoms with Gasteiger partial charge in [-0.2, -0.15) is 13.2 Å². The van der Waals surface area contributed by atoms with E-state index < -0.39 is 11.7 Å². The summed E-state index contributed by atoms with van der Waals surface area (Å²) in [5, 5.41) is 3.39. The zero-order valence-electron chi connectivity index (χ0n) is 17.7. The molecule has 8 heteroatoms. The summed E-state index contributed by atoms with van der Waals surface area (Å²) in [4.78, 5) is 20.3. The minimum atomic E-state index is -4.43. The third kappa shape index (κ3) is 7.49. The smallest absolute Gasteiger partial charge is 0.357 e. The van der Waals surface area contributed by atoms with E-state index in [2.05, 4.69) is 10.3 Å². The average molecular weight is 415 g/mol. The highest BCUT2D eigenvalue weighted by molar-refractivity contribution is 5.81. The lowest BCUT2D eigenvalue weighted by molar-refractivity contribution is -0.133. The Balaban J connectivity index is 1.92. The number of rotatable bonds is 5. The van der Waals surface area contributed by atoms with Gasteiger partial charge in [-0.1, -0.05) is 18.9 Å². The average Bonchev–Trinajstić information content (AvgIpc) is 2.70. The van der Waals surface area contributed by atoms with Gasteiger partial charge in [0.2, 0.25) is 5.91 Å². The number of hydrogen-bond donors (Lipinski definition) is 1. The SMILES string of the molecule is CC/C(C)=C/C(=C\N=C(C)N1CCN(C(=O)C[C@H]2CCCCN2)CC1)C(F)(F)F. The Morgan fingerprint density at radius 1 is 1.14 bits per heavy atom. The first-order chi connectivity index (χ1) is 13.7. The molecule has 2 fully saturated rings. The van der Waals surface area contributed by atoms with Gasteiger partial charge in [0, 0.05) is 44.8 Å².